The second kappa shape index (κ2) is 3.86. The van der Waals surface area contributed by atoms with Gasteiger partial charge >= 0.3 is 0 Å². The molecule has 4 aromatic carbocycles. The van der Waals surface area contributed by atoms with Crippen LogP contribution in [0.1, 0.15) is 44.5 Å². The highest BCUT2D eigenvalue weighted by Gasteiger charge is 2.26. The molecule has 0 bridgehead atoms. The van der Waals surface area contributed by atoms with Gasteiger partial charge in [-0.05, 0) is 112 Å². The van der Waals surface area contributed by atoms with Crippen molar-refractivity contribution in [3.05, 3.63) is 135 Å². The van der Waals surface area contributed by atoms with E-state index in [1.165, 1.54) is 0 Å². The first-order chi connectivity index (χ1) is 13.9. The molecule has 0 aliphatic heterocycles. The van der Waals surface area contributed by atoms with Gasteiger partial charge in [-0.3, -0.25) is 0 Å². The molecule has 0 aromatic heterocycles. The molecule has 5 aliphatic rings. The summed E-state index contributed by atoms with van der Waals surface area (Å²) >= 11 is 0. The van der Waals surface area contributed by atoms with Crippen molar-refractivity contribution >= 4 is 0 Å². The van der Waals surface area contributed by atoms with Gasteiger partial charge in [0.2, 0.25) is 0 Å². The Morgan fingerprint density at radius 2 is 0.393 bits per heavy atom. The van der Waals surface area contributed by atoms with E-state index in [-0.39, 0.29) is 0 Å². The fourth-order valence-electron chi connectivity index (χ4n) is 7.04. The Hall–Kier alpha value is -3.12. The van der Waals surface area contributed by atoms with E-state index in [1.54, 1.807) is 86.3 Å². The maximum atomic E-state index is 2.42. The zero-order valence-corrected chi connectivity index (χ0v) is 15.4. The van der Waals surface area contributed by atoms with Crippen LogP contribution in [0.2, 0.25) is 0 Å². The van der Waals surface area contributed by atoms with Crippen LogP contribution < -0.4 is 0 Å². The van der Waals surface area contributed by atoms with E-state index < -0.39 is 0 Å². The van der Waals surface area contributed by atoms with Crippen molar-refractivity contribution in [2.45, 2.75) is 25.7 Å². The highest BCUT2D eigenvalue weighted by atomic mass is 14.3. The van der Waals surface area contributed by atoms with Gasteiger partial charge in [-0.15, -0.1) is 0 Å². The third-order valence-electron chi connectivity index (χ3n) is 8.04. The lowest BCUT2D eigenvalue weighted by molar-refractivity contribution is 1.17. The highest BCUT2D eigenvalue weighted by molar-refractivity contribution is 5.55. The van der Waals surface area contributed by atoms with Gasteiger partial charge in [0.1, 0.15) is 0 Å². The predicted octanol–water partition coefficient (Wildman–Crippen LogP) is 4.76. The zero-order valence-electron chi connectivity index (χ0n) is 15.4. The fourth-order valence-corrected chi connectivity index (χ4v) is 7.04. The average Bonchev–Trinajstić information content (AvgIpc) is 3.42. The summed E-state index contributed by atoms with van der Waals surface area (Å²) in [5.41, 5.74) is 12.3. The molecule has 0 spiro atoms. The summed E-state index contributed by atoms with van der Waals surface area (Å²) in [4.78, 5) is 0. The molecule has 0 amide bonds. The minimum atomic E-state index is 1.10. The topological polar surface area (TPSA) is 0 Å². The molecule has 4 aromatic rings. The van der Waals surface area contributed by atoms with Crippen LogP contribution in [0.3, 0.4) is 0 Å². The van der Waals surface area contributed by atoms with Crippen molar-refractivity contribution in [2.24, 2.45) is 0 Å². The third kappa shape index (κ3) is 1.17. The first kappa shape index (κ1) is 13.1. The normalized spacial score (nSPS) is 16.0. The van der Waals surface area contributed by atoms with Crippen LogP contribution in [-0.2, 0) is 25.7 Å². The molecule has 0 saturated carbocycles. The van der Waals surface area contributed by atoms with Crippen molar-refractivity contribution in [1.82, 2.24) is 0 Å². The summed E-state index contributed by atoms with van der Waals surface area (Å²) in [6, 6.07) is 19.3. The van der Waals surface area contributed by atoms with Crippen LogP contribution in [0.25, 0.3) is 0 Å². The Morgan fingerprint density at radius 3 is 0.536 bits per heavy atom. The van der Waals surface area contributed by atoms with Crippen LogP contribution in [-0.4, -0.2) is 0 Å². The molecule has 0 unspecified atom stereocenters. The molecule has 0 nitrogen and oxygen atoms in total. The van der Waals surface area contributed by atoms with Crippen LogP contribution in [0.4, 0.5) is 0 Å². The van der Waals surface area contributed by atoms with E-state index >= 15 is 0 Å². The van der Waals surface area contributed by atoms with Gasteiger partial charge in [0, 0.05) is 0 Å². The maximum Gasteiger partial charge on any atom is -0.00130 e. The van der Waals surface area contributed by atoms with E-state index in [2.05, 4.69) is 48.5 Å². The quantitative estimate of drug-likeness (QED) is 0.369. The average molecular weight is 352 g/mol. The Morgan fingerprint density at radius 1 is 0.250 bits per heavy atom. The predicted molar refractivity (Wildman–Crippen MR) is 108 cm³/mol. The summed E-state index contributed by atoms with van der Waals surface area (Å²) in [5.74, 6) is 0. The van der Waals surface area contributed by atoms with E-state index in [1.807, 2.05) is 0 Å². The molecule has 28 heavy (non-hydrogen) atoms. The lowest BCUT2D eigenvalue weighted by Gasteiger charge is -2.01. The Kier molecular flexibility index (Phi) is 1.81. The molecule has 5 aliphatic carbocycles. The standard InChI is InChI=1S/C28H16/c1-2-14-10-16-5-6-18-12-20-8-7-19-11-17-4-3-15-9-13(1)21-22(14)24(16)26(18)28(20)27(19)25(17)23(15)21/h1-8H,9-12H2. The number of hydrogen-bond donors (Lipinski definition) is 0. The SMILES string of the molecule is c1cc2c3c4c1Cc1ccc5c(c1=4)=c1c(ccc4c1=c1c(ccc(c1=3)C2)C4)C5. The number of benzene rings is 4. The largest absolute Gasteiger partial charge is 0.0578 e. The van der Waals surface area contributed by atoms with Gasteiger partial charge in [-0.2, -0.15) is 0 Å². The molecule has 128 valence electrons. The summed E-state index contributed by atoms with van der Waals surface area (Å²) in [7, 11) is 0. The summed E-state index contributed by atoms with van der Waals surface area (Å²) in [6.45, 7) is 0. The molecule has 0 fully saturated rings. The molecular weight excluding hydrogens is 336 g/mol. The zero-order chi connectivity index (χ0) is 17.7. The lowest BCUT2D eigenvalue weighted by atomic mass is 10.0. The van der Waals surface area contributed by atoms with Gasteiger partial charge in [-0.25, -0.2) is 0 Å². The minimum absolute atomic E-state index is 1.10. The summed E-state index contributed by atoms with van der Waals surface area (Å²) < 4.78 is 0. The van der Waals surface area contributed by atoms with E-state index in [0.717, 1.165) is 25.7 Å². The van der Waals surface area contributed by atoms with Crippen molar-refractivity contribution in [1.29, 1.82) is 0 Å². The Balaban J connectivity index is 1.96. The molecule has 9 rings (SSSR count). The lowest BCUT2D eigenvalue weighted by Crippen LogP contribution is -1.89. The Labute approximate surface area is 160 Å². The first-order valence-electron chi connectivity index (χ1n) is 10.5. The van der Waals surface area contributed by atoms with Crippen molar-refractivity contribution in [2.75, 3.05) is 0 Å². The van der Waals surface area contributed by atoms with Gasteiger partial charge in [-0.1, -0.05) is 48.5 Å². The monoisotopic (exact) mass is 352 g/mol. The minimum Gasteiger partial charge on any atom is -0.0578 e. The summed E-state index contributed by atoms with van der Waals surface area (Å²) in [5, 5.41) is 12.6. The molecule has 0 radical (unpaired) electrons. The molecule has 0 saturated heterocycles. The second-order valence-corrected chi connectivity index (χ2v) is 9.24. The molecular formula is C28H16. The fraction of sp³-hybridized carbons (Fsp3) is 0.143. The summed E-state index contributed by atoms with van der Waals surface area (Å²) in [6.07, 6.45) is 4.39. The third-order valence-corrected chi connectivity index (χ3v) is 8.04. The van der Waals surface area contributed by atoms with Gasteiger partial charge in [0.05, 0.1) is 0 Å². The van der Waals surface area contributed by atoms with Crippen LogP contribution in [0.5, 0.6) is 0 Å². The van der Waals surface area contributed by atoms with Crippen molar-refractivity contribution in [3.63, 3.8) is 0 Å². The number of hydrogen-bond acceptors (Lipinski definition) is 0. The van der Waals surface area contributed by atoms with Gasteiger partial charge < -0.3 is 0 Å². The van der Waals surface area contributed by atoms with Crippen molar-refractivity contribution in [3.8, 4) is 0 Å². The number of rotatable bonds is 0. The molecule has 0 N–H and O–H groups in total. The Bertz CT molecular complexity index is 1440. The smallest absolute Gasteiger partial charge is 0.00130 e. The maximum absolute atomic E-state index is 2.42. The van der Waals surface area contributed by atoms with E-state index in [9.17, 15) is 0 Å². The second-order valence-electron chi connectivity index (χ2n) is 9.24. The van der Waals surface area contributed by atoms with E-state index in [4.69, 9.17) is 0 Å². The van der Waals surface area contributed by atoms with Crippen LogP contribution in [0.15, 0.2) is 48.5 Å². The van der Waals surface area contributed by atoms with Gasteiger partial charge in [0.15, 0.2) is 0 Å². The highest BCUT2D eigenvalue weighted by Crippen LogP contribution is 2.37. The first-order valence-corrected chi connectivity index (χ1v) is 10.5. The molecule has 0 heterocycles. The molecule has 0 atom stereocenters. The van der Waals surface area contributed by atoms with Crippen LogP contribution >= 0.6 is 0 Å². The van der Waals surface area contributed by atoms with Gasteiger partial charge in [0.25, 0.3) is 0 Å². The van der Waals surface area contributed by atoms with Crippen LogP contribution in [0, 0.1) is 41.7 Å². The van der Waals surface area contributed by atoms with E-state index in [0.29, 0.717) is 0 Å². The molecule has 0 heteroatoms. The van der Waals surface area contributed by atoms with Crippen molar-refractivity contribution < 1.29 is 0 Å².